The molecule has 0 aliphatic rings. The second-order valence-electron chi connectivity index (χ2n) is 3.80. The third-order valence-electron chi connectivity index (χ3n) is 2.67. The number of hydrogen-bond donors (Lipinski definition) is 0. The summed E-state index contributed by atoms with van der Waals surface area (Å²) in [6.45, 7) is 4.33. The first-order chi connectivity index (χ1) is 7.61. The Kier molecular flexibility index (Phi) is 3.88. The molecule has 0 bridgehead atoms. The largest absolute Gasteiger partial charge is 0.146 e. The van der Waals surface area contributed by atoms with Crippen LogP contribution in [-0.4, -0.2) is 0 Å². The van der Waals surface area contributed by atoms with E-state index in [9.17, 15) is 0 Å². The Morgan fingerprint density at radius 3 is 2.25 bits per heavy atom. The molecule has 0 aliphatic carbocycles. The second kappa shape index (κ2) is 5.03. The highest BCUT2D eigenvalue weighted by atomic mass is 79.9. The van der Waals surface area contributed by atoms with E-state index in [4.69, 9.17) is 0 Å². The normalized spacial score (nSPS) is 12.8. The molecule has 0 aliphatic heterocycles. The summed E-state index contributed by atoms with van der Waals surface area (Å²) >= 11 is 9.18. The van der Waals surface area contributed by atoms with Gasteiger partial charge in [-0.05, 0) is 57.9 Å². The number of alkyl halides is 1. The van der Waals surface area contributed by atoms with E-state index in [2.05, 4.69) is 75.4 Å². The van der Waals surface area contributed by atoms with Gasteiger partial charge in [0, 0.05) is 9.35 Å². The van der Waals surface area contributed by atoms with Gasteiger partial charge in [-0.1, -0.05) is 34.1 Å². The molecule has 0 saturated heterocycles. The van der Waals surface area contributed by atoms with Crippen molar-refractivity contribution >= 4 is 43.2 Å². The van der Waals surface area contributed by atoms with Crippen molar-refractivity contribution in [1.82, 2.24) is 0 Å². The average molecular weight is 360 g/mol. The first-order valence-electron chi connectivity index (χ1n) is 5.04. The molecule has 0 saturated carbocycles. The van der Waals surface area contributed by atoms with Crippen LogP contribution >= 0.6 is 43.2 Å². The molecule has 0 nitrogen and oxygen atoms in total. The predicted molar refractivity (Wildman–Crippen MR) is 78.7 cm³/mol. The van der Waals surface area contributed by atoms with Gasteiger partial charge in [-0.25, -0.2) is 0 Å². The quantitative estimate of drug-likeness (QED) is 0.611. The highest BCUT2D eigenvalue weighted by Gasteiger charge is 2.18. The van der Waals surface area contributed by atoms with Crippen LogP contribution in [0.5, 0.6) is 0 Å². The summed E-state index contributed by atoms with van der Waals surface area (Å²) in [5, 5.41) is 2.11. The van der Waals surface area contributed by atoms with Gasteiger partial charge in [0.2, 0.25) is 0 Å². The highest BCUT2D eigenvalue weighted by Crippen LogP contribution is 2.41. The summed E-state index contributed by atoms with van der Waals surface area (Å²) in [6.07, 6.45) is 0. The van der Waals surface area contributed by atoms with Crippen LogP contribution in [0.3, 0.4) is 0 Å². The Balaban J connectivity index is 2.49. The van der Waals surface area contributed by atoms with Crippen molar-refractivity contribution < 1.29 is 0 Å². The average Bonchev–Trinajstić information content (AvgIpc) is 2.64. The minimum atomic E-state index is 0.281. The molecule has 1 atom stereocenters. The SMILES string of the molecule is Cc1cccc(C)c1C(Br)c1sccc1Br. The summed E-state index contributed by atoms with van der Waals surface area (Å²) in [5.74, 6) is 0. The van der Waals surface area contributed by atoms with Crippen molar-refractivity contribution in [3.63, 3.8) is 0 Å². The number of hydrogen-bond acceptors (Lipinski definition) is 1. The van der Waals surface area contributed by atoms with E-state index in [-0.39, 0.29) is 4.83 Å². The molecule has 0 amide bonds. The minimum Gasteiger partial charge on any atom is -0.146 e. The van der Waals surface area contributed by atoms with Gasteiger partial charge in [-0.3, -0.25) is 0 Å². The van der Waals surface area contributed by atoms with Gasteiger partial charge in [0.05, 0.1) is 4.83 Å². The molecule has 0 radical (unpaired) electrons. The van der Waals surface area contributed by atoms with Crippen LogP contribution in [0.15, 0.2) is 34.1 Å². The molecular formula is C13H12Br2S. The number of rotatable bonds is 2. The lowest BCUT2D eigenvalue weighted by atomic mass is 9.99. The monoisotopic (exact) mass is 358 g/mol. The molecular weight excluding hydrogens is 348 g/mol. The lowest BCUT2D eigenvalue weighted by Gasteiger charge is -2.15. The van der Waals surface area contributed by atoms with Crippen LogP contribution in [0.1, 0.15) is 26.4 Å². The maximum Gasteiger partial charge on any atom is 0.0754 e. The fourth-order valence-corrected chi connectivity index (χ4v) is 5.03. The molecule has 84 valence electrons. The Bertz CT molecular complexity index is 482. The summed E-state index contributed by atoms with van der Waals surface area (Å²) in [6, 6.07) is 8.54. The standard InChI is InChI=1S/C13H12Br2S/c1-8-4-3-5-9(2)11(8)12(15)13-10(14)6-7-16-13/h3-7,12H,1-2H3. The maximum atomic E-state index is 3.81. The maximum absolute atomic E-state index is 3.81. The zero-order valence-electron chi connectivity index (χ0n) is 9.13. The van der Waals surface area contributed by atoms with Gasteiger partial charge in [-0.2, -0.15) is 0 Å². The zero-order chi connectivity index (χ0) is 11.7. The Morgan fingerprint density at radius 1 is 1.12 bits per heavy atom. The third kappa shape index (κ3) is 2.27. The molecule has 2 aromatic rings. The van der Waals surface area contributed by atoms with Gasteiger partial charge < -0.3 is 0 Å². The Labute approximate surface area is 117 Å². The minimum absolute atomic E-state index is 0.281. The topological polar surface area (TPSA) is 0 Å². The molecule has 0 spiro atoms. The molecule has 1 heterocycles. The molecule has 1 aromatic carbocycles. The van der Waals surface area contributed by atoms with Crippen LogP contribution in [0.25, 0.3) is 0 Å². The fraction of sp³-hybridized carbons (Fsp3) is 0.231. The number of halogens is 2. The molecule has 16 heavy (non-hydrogen) atoms. The summed E-state index contributed by atoms with van der Waals surface area (Å²) in [7, 11) is 0. The highest BCUT2D eigenvalue weighted by molar-refractivity contribution is 9.11. The fourth-order valence-electron chi connectivity index (χ4n) is 1.84. The predicted octanol–water partition coefficient (Wildman–Crippen LogP) is 5.61. The first kappa shape index (κ1) is 12.3. The van der Waals surface area contributed by atoms with Crippen molar-refractivity contribution in [3.05, 3.63) is 55.7 Å². The van der Waals surface area contributed by atoms with E-state index >= 15 is 0 Å². The Morgan fingerprint density at radius 2 is 1.75 bits per heavy atom. The van der Waals surface area contributed by atoms with Crippen LogP contribution in [0, 0.1) is 13.8 Å². The summed E-state index contributed by atoms with van der Waals surface area (Å²) in [4.78, 5) is 1.61. The van der Waals surface area contributed by atoms with E-state index in [1.807, 2.05) is 0 Å². The Hall–Kier alpha value is -0.120. The summed E-state index contributed by atoms with van der Waals surface area (Å²) < 4.78 is 1.18. The van der Waals surface area contributed by atoms with Crippen LogP contribution in [0.4, 0.5) is 0 Å². The molecule has 3 heteroatoms. The first-order valence-corrected chi connectivity index (χ1v) is 7.63. The molecule has 0 fully saturated rings. The van der Waals surface area contributed by atoms with Crippen LogP contribution in [0.2, 0.25) is 0 Å². The second-order valence-corrected chi connectivity index (χ2v) is 6.52. The smallest absolute Gasteiger partial charge is 0.0754 e. The number of aryl methyl sites for hydroxylation is 2. The van der Waals surface area contributed by atoms with Crippen molar-refractivity contribution in [2.24, 2.45) is 0 Å². The molecule has 0 N–H and O–H groups in total. The van der Waals surface area contributed by atoms with Gasteiger partial charge in [0.1, 0.15) is 0 Å². The van der Waals surface area contributed by atoms with Crippen molar-refractivity contribution in [1.29, 1.82) is 0 Å². The zero-order valence-corrected chi connectivity index (χ0v) is 13.1. The van der Waals surface area contributed by atoms with Gasteiger partial charge in [0.25, 0.3) is 0 Å². The molecule has 1 unspecified atom stereocenters. The number of benzene rings is 1. The summed E-state index contributed by atoms with van der Waals surface area (Å²) in [5.41, 5.74) is 4.05. The van der Waals surface area contributed by atoms with Crippen molar-refractivity contribution in [2.75, 3.05) is 0 Å². The van der Waals surface area contributed by atoms with Crippen LogP contribution in [-0.2, 0) is 0 Å². The lowest BCUT2D eigenvalue weighted by Crippen LogP contribution is -1.97. The molecule has 2 rings (SSSR count). The van der Waals surface area contributed by atoms with E-state index in [1.54, 1.807) is 11.3 Å². The van der Waals surface area contributed by atoms with E-state index in [1.165, 1.54) is 26.0 Å². The third-order valence-corrected chi connectivity index (χ3v) is 5.82. The van der Waals surface area contributed by atoms with Gasteiger partial charge in [0.15, 0.2) is 0 Å². The molecule has 1 aromatic heterocycles. The van der Waals surface area contributed by atoms with E-state index in [0.29, 0.717) is 0 Å². The van der Waals surface area contributed by atoms with Gasteiger partial charge >= 0.3 is 0 Å². The van der Waals surface area contributed by atoms with Crippen molar-refractivity contribution in [3.8, 4) is 0 Å². The number of thiophene rings is 1. The van der Waals surface area contributed by atoms with Crippen LogP contribution < -0.4 is 0 Å². The van der Waals surface area contributed by atoms with E-state index < -0.39 is 0 Å². The van der Waals surface area contributed by atoms with Gasteiger partial charge in [-0.15, -0.1) is 11.3 Å². The lowest BCUT2D eigenvalue weighted by molar-refractivity contribution is 1.13. The van der Waals surface area contributed by atoms with Crippen molar-refractivity contribution in [2.45, 2.75) is 18.7 Å². The van der Waals surface area contributed by atoms with E-state index in [0.717, 1.165) is 0 Å².